The summed E-state index contributed by atoms with van der Waals surface area (Å²) in [5.74, 6) is -1.54. The number of rotatable bonds is 11. The zero-order valence-electron chi connectivity index (χ0n) is 22.3. The number of aliphatic hydroxyl groups is 1. The van der Waals surface area contributed by atoms with Gasteiger partial charge in [0, 0.05) is 5.38 Å². The average Bonchev–Trinajstić information content (AvgIpc) is 3.57. The molecule has 0 saturated carbocycles. The second-order valence-corrected chi connectivity index (χ2v) is 10.8. The molecule has 6 rings (SSSR count). The first kappa shape index (κ1) is 27.5. The lowest BCUT2D eigenvalue weighted by atomic mass is 10.0. The van der Waals surface area contributed by atoms with Crippen LogP contribution in [0.1, 0.15) is 21.6 Å². The molecule has 5 aromatic rings. The van der Waals surface area contributed by atoms with E-state index in [1.807, 2.05) is 96.4 Å². The van der Waals surface area contributed by atoms with Crippen LogP contribution in [0.4, 0.5) is 5.82 Å². The lowest BCUT2D eigenvalue weighted by molar-refractivity contribution is -0.250. The zero-order valence-corrected chi connectivity index (χ0v) is 23.2. The maximum atomic E-state index is 12.4. The quantitative estimate of drug-likeness (QED) is 0.223. The number of hydrogen-bond donors (Lipinski definition) is 2. The minimum atomic E-state index is -1.87. The number of hydrogen-bond acceptors (Lipinski definition) is 9. The molecule has 210 valence electrons. The van der Waals surface area contributed by atoms with Crippen molar-refractivity contribution in [3.05, 3.63) is 124 Å². The number of benzene rings is 3. The lowest BCUT2D eigenvalue weighted by Gasteiger charge is -2.30. The molecule has 0 aliphatic carbocycles. The Morgan fingerprint density at radius 2 is 1.39 bits per heavy atom. The number of ether oxygens (including phenoxy) is 4. The second kappa shape index (κ2) is 12.4. The average molecular weight is 570 g/mol. The first-order valence-corrected chi connectivity index (χ1v) is 14.3. The molecule has 4 unspecified atom stereocenters. The van der Waals surface area contributed by atoms with E-state index in [1.165, 1.54) is 17.7 Å². The summed E-state index contributed by atoms with van der Waals surface area (Å²) in [4.78, 5) is 9.03. The summed E-state index contributed by atoms with van der Waals surface area (Å²) in [7, 11) is 0. The van der Waals surface area contributed by atoms with Gasteiger partial charge in [-0.2, -0.15) is 0 Å². The number of nitrogens with zero attached hydrogens (tertiary/aromatic N) is 2. The van der Waals surface area contributed by atoms with E-state index in [1.54, 1.807) is 0 Å². The van der Waals surface area contributed by atoms with Crippen molar-refractivity contribution in [2.45, 2.75) is 43.9 Å². The SMILES string of the molecule is Nc1ncnc2c(C3(O)OC(COCc4ccccc4)C(OCc4ccccc4)C3OCc3ccccc3)scc12. The predicted octanol–water partition coefficient (Wildman–Crippen LogP) is 5.21. The maximum absolute atomic E-state index is 12.4. The highest BCUT2D eigenvalue weighted by Gasteiger charge is 2.58. The molecule has 9 heteroatoms. The monoisotopic (exact) mass is 569 g/mol. The smallest absolute Gasteiger partial charge is 0.234 e. The van der Waals surface area contributed by atoms with Gasteiger partial charge in [0.2, 0.25) is 5.79 Å². The van der Waals surface area contributed by atoms with Gasteiger partial charge in [-0.15, -0.1) is 11.3 Å². The molecule has 1 aliphatic heterocycles. The molecule has 3 heterocycles. The molecule has 41 heavy (non-hydrogen) atoms. The van der Waals surface area contributed by atoms with Crippen LogP contribution in [0, 0.1) is 0 Å². The van der Waals surface area contributed by atoms with E-state index < -0.39 is 24.1 Å². The number of nitrogens with two attached hydrogens (primary N) is 1. The molecule has 1 fully saturated rings. The van der Waals surface area contributed by atoms with Gasteiger partial charge < -0.3 is 29.8 Å². The third-order valence-electron chi connectivity index (χ3n) is 7.08. The maximum Gasteiger partial charge on any atom is 0.234 e. The number of anilines is 1. The highest BCUT2D eigenvalue weighted by Crippen LogP contribution is 2.46. The third-order valence-corrected chi connectivity index (χ3v) is 8.16. The van der Waals surface area contributed by atoms with Crippen LogP contribution in [0.2, 0.25) is 0 Å². The Hall–Kier alpha value is -3.70. The van der Waals surface area contributed by atoms with Crippen LogP contribution in [0.15, 0.2) is 103 Å². The van der Waals surface area contributed by atoms with Crippen molar-refractivity contribution in [1.29, 1.82) is 0 Å². The summed E-state index contributed by atoms with van der Waals surface area (Å²) >= 11 is 1.30. The van der Waals surface area contributed by atoms with Crippen LogP contribution < -0.4 is 5.73 Å². The van der Waals surface area contributed by atoms with Crippen molar-refractivity contribution in [2.75, 3.05) is 12.3 Å². The number of nitrogen functional groups attached to an aromatic ring is 1. The highest BCUT2D eigenvalue weighted by molar-refractivity contribution is 7.11. The molecule has 8 nitrogen and oxygen atoms in total. The van der Waals surface area contributed by atoms with Crippen molar-refractivity contribution in [1.82, 2.24) is 9.97 Å². The van der Waals surface area contributed by atoms with Gasteiger partial charge in [0.05, 0.1) is 42.2 Å². The summed E-state index contributed by atoms with van der Waals surface area (Å²) in [5, 5.41) is 14.8. The Labute approximate surface area is 242 Å². The molecule has 0 spiro atoms. The van der Waals surface area contributed by atoms with Crippen molar-refractivity contribution >= 4 is 28.1 Å². The van der Waals surface area contributed by atoms with Crippen LogP contribution >= 0.6 is 11.3 Å². The van der Waals surface area contributed by atoms with Gasteiger partial charge in [-0.05, 0) is 16.7 Å². The van der Waals surface area contributed by atoms with E-state index in [9.17, 15) is 5.11 Å². The van der Waals surface area contributed by atoms with Gasteiger partial charge in [0.15, 0.2) is 0 Å². The standard InChI is InChI=1S/C32H31N3O5S/c33-31-25-20-41-30(27(25)34-21-35-31)32(36)29(39-18-24-14-8-3-9-15-24)28(38-17-23-12-6-2-7-13-23)26(40-32)19-37-16-22-10-4-1-5-11-22/h1-15,20-21,26,28-29,36H,16-19H2,(H2,33,34,35). The molecule has 2 aromatic heterocycles. The summed E-state index contributed by atoms with van der Waals surface area (Å²) in [6.45, 7) is 1.14. The fourth-order valence-corrected chi connectivity index (χ4v) is 6.10. The van der Waals surface area contributed by atoms with Crippen molar-refractivity contribution in [3.63, 3.8) is 0 Å². The molecular formula is C32H31N3O5S. The number of fused-ring (bicyclic) bond motifs is 1. The fourth-order valence-electron chi connectivity index (χ4n) is 5.02. The molecular weight excluding hydrogens is 538 g/mol. The van der Waals surface area contributed by atoms with E-state index in [2.05, 4.69) is 9.97 Å². The van der Waals surface area contributed by atoms with E-state index >= 15 is 0 Å². The van der Waals surface area contributed by atoms with Crippen LogP contribution in [-0.2, 0) is 44.6 Å². The number of thiophene rings is 1. The van der Waals surface area contributed by atoms with Crippen LogP contribution in [0.3, 0.4) is 0 Å². The van der Waals surface area contributed by atoms with Crippen molar-refractivity contribution < 1.29 is 24.1 Å². The zero-order chi connectivity index (χ0) is 28.1. The van der Waals surface area contributed by atoms with Gasteiger partial charge in [-0.1, -0.05) is 91.0 Å². The molecule has 3 aromatic carbocycles. The predicted molar refractivity (Wildman–Crippen MR) is 157 cm³/mol. The Bertz CT molecular complexity index is 1550. The Morgan fingerprint density at radius 3 is 2.02 bits per heavy atom. The lowest BCUT2D eigenvalue weighted by Crippen LogP contribution is -2.44. The van der Waals surface area contributed by atoms with Crippen molar-refractivity contribution in [3.8, 4) is 0 Å². The van der Waals surface area contributed by atoms with Crippen LogP contribution in [-0.4, -0.2) is 40.0 Å². The van der Waals surface area contributed by atoms with Crippen molar-refractivity contribution in [2.24, 2.45) is 0 Å². The fraction of sp³-hybridized carbons (Fsp3) is 0.250. The van der Waals surface area contributed by atoms with Gasteiger partial charge in [-0.25, -0.2) is 9.97 Å². The minimum absolute atomic E-state index is 0.183. The first-order valence-electron chi connectivity index (χ1n) is 13.4. The molecule has 0 radical (unpaired) electrons. The van der Waals surface area contributed by atoms with Gasteiger partial charge in [-0.3, -0.25) is 0 Å². The highest BCUT2D eigenvalue weighted by atomic mass is 32.1. The largest absolute Gasteiger partial charge is 0.383 e. The van der Waals surface area contributed by atoms with Crippen LogP contribution in [0.25, 0.3) is 10.9 Å². The molecule has 0 bridgehead atoms. The summed E-state index contributed by atoms with van der Waals surface area (Å²) < 4.78 is 25.5. The van der Waals surface area contributed by atoms with E-state index in [0.717, 1.165) is 16.7 Å². The Kier molecular flexibility index (Phi) is 8.33. The second-order valence-electron chi connectivity index (χ2n) is 9.92. The first-order chi connectivity index (χ1) is 20.1. The van der Waals surface area contributed by atoms with Gasteiger partial charge in [0.1, 0.15) is 30.5 Å². The van der Waals surface area contributed by atoms with Gasteiger partial charge in [0.25, 0.3) is 0 Å². The molecule has 4 atom stereocenters. The summed E-state index contributed by atoms with van der Waals surface area (Å²) in [6, 6.07) is 29.6. The summed E-state index contributed by atoms with van der Waals surface area (Å²) in [5.41, 5.74) is 9.64. The van der Waals surface area contributed by atoms with Gasteiger partial charge >= 0.3 is 0 Å². The Morgan fingerprint density at radius 1 is 0.805 bits per heavy atom. The van der Waals surface area contributed by atoms with E-state index in [-0.39, 0.29) is 13.2 Å². The third kappa shape index (κ3) is 6.01. The van der Waals surface area contributed by atoms with E-state index in [4.69, 9.17) is 24.7 Å². The molecule has 3 N–H and O–H groups in total. The molecule has 1 aliphatic rings. The molecule has 1 saturated heterocycles. The minimum Gasteiger partial charge on any atom is -0.383 e. The molecule has 0 amide bonds. The van der Waals surface area contributed by atoms with E-state index in [0.29, 0.717) is 34.8 Å². The van der Waals surface area contributed by atoms with Crippen LogP contribution in [0.5, 0.6) is 0 Å². The Balaban J connectivity index is 1.33. The normalized spacial score (nSPS) is 22.3. The topological polar surface area (TPSA) is 109 Å². The number of aromatic nitrogens is 2. The summed E-state index contributed by atoms with van der Waals surface area (Å²) in [6.07, 6.45) is -0.800.